The number of ether oxygens (including phenoxy) is 2. The van der Waals surface area contributed by atoms with E-state index < -0.39 is 5.82 Å². The minimum Gasteiger partial charge on any atom is -0.488 e. The van der Waals surface area contributed by atoms with Crippen molar-refractivity contribution in [2.24, 2.45) is 0 Å². The molecule has 1 amide bonds. The highest BCUT2D eigenvalue weighted by Crippen LogP contribution is 2.38. The van der Waals surface area contributed by atoms with Gasteiger partial charge in [0.1, 0.15) is 0 Å². The Morgan fingerprint density at radius 1 is 1.19 bits per heavy atom. The van der Waals surface area contributed by atoms with Crippen molar-refractivity contribution in [1.82, 2.24) is 9.80 Å². The molecule has 2 heterocycles. The summed E-state index contributed by atoms with van der Waals surface area (Å²) in [6, 6.07) is 14.8. The number of carbonyl (C=O) groups excluding carboxylic acids is 1. The van der Waals surface area contributed by atoms with E-state index in [1.54, 1.807) is 12.1 Å². The van der Waals surface area contributed by atoms with Gasteiger partial charge in [-0.2, -0.15) is 0 Å². The average Bonchev–Trinajstić information content (AvgIpc) is 2.80. The number of benzene rings is 2. The number of halogens is 1. The lowest BCUT2D eigenvalue weighted by atomic mass is 9.87. The summed E-state index contributed by atoms with van der Waals surface area (Å²) in [7, 11) is 0. The maximum atomic E-state index is 14.4. The molecule has 0 aliphatic carbocycles. The Balaban J connectivity index is 1.43. The molecule has 2 saturated heterocycles. The molecule has 2 aliphatic rings. The number of hydrogen-bond acceptors (Lipinski definition) is 4. The molecule has 32 heavy (non-hydrogen) atoms. The van der Waals surface area contributed by atoms with Crippen LogP contribution in [0.15, 0.2) is 48.5 Å². The molecule has 0 bridgehead atoms. The molecule has 172 valence electrons. The summed E-state index contributed by atoms with van der Waals surface area (Å²) < 4.78 is 26.5. The molecule has 0 N–H and O–H groups in total. The average molecular weight is 441 g/mol. The highest BCUT2D eigenvalue weighted by atomic mass is 19.1. The van der Waals surface area contributed by atoms with Gasteiger partial charge in [-0.05, 0) is 57.0 Å². The number of likely N-dealkylation sites (N-methyl/N-ethyl adjacent to an activating group) is 1. The fourth-order valence-electron chi connectivity index (χ4n) is 4.72. The van der Waals surface area contributed by atoms with E-state index in [4.69, 9.17) is 9.47 Å². The molecule has 2 aromatic rings. The van der Waals surface area contributed by atoms with Gasteiger partial charge in [0.05, 0.1) is 17.8 Å². The minimum absolute atomic E-state index is 0.0368. The van der Waals surface area contributed by atoms with Gasteiger partial charge in [-0.1, -0.05) is 37.3 Å². The lowest BCUT2D eigenvalue weighted by Gasteiger charge is -2.50. The second-order valence-corrected chi connectivity index (χ2v) is 9.13. The van der Waals surface area contributed by atoms with Gasteiger partial charge in [-0.25, -0.2) is 4.39 Å². The van der Waals surface area contributed by atoms with Gasteiger partial charge in [-0.15, -0.1) is 0 Å². The molecule has 5 nitrogen and oxygen atoms in total. The van der Waals surface area contributed by atoms with Gasteiger partial charge in [0.2, 0.25) is 0 Å². The van der Waals surface area contributed by atoms with E-state index >= 15 is 0 Å². The zero-order valence-electron chi connectivity index (χ0n) is 19.2. The van der Waals surface area contributed by atoms with Crippen molar-refractivity contribution in [3.63, 3.8) is 0 Å². The van der Waals surface area contributed by atoms with Crippen LogP contribution in [0, 0.1) is 5.82 Å². The maximum absolute atomic E-state index is 14.4. The van der Waals surface area contributed by atoms with Crippen molar-refractivity contribution in [2.45, 2.75) is 51.4 Å². The number of carbonyl (C=O) groups is 1. The monoisotopic (exact) mass is 440 g/mol. The Kier molecular flexibility index (Phi) is 6.82. The Morgan fingerprint density at radius 2 is 1.91 bits per heavy atom. The Morgan fingerprint density at radius 3 is 2.53 bits per heavy atom. The van der Waals surface area contributed by atoms with Gasteiger partial charge >= 0.3 is 0 Å². The molecular formula is C26H33FN2O3. The third kappa shape index (κ3) is 4.97. The summed E-state index contributed by atoms with van der Waals surface area (Å²) >= 11 is 0. The van der Waals surface area contributed by atoms with Crippen LogP contribution in [0.4, 0.5) is 4.39 Å². The zero-order valence-corrected chi connectivity index (χ0v) is 19.2. The molecule has 1 unspecified atom stereocenters. The van der Waals surface area contributed by atoms with E-state index in [1.165, 1.54) is 11.6 Å². The van der Waals surface area contributed by atoms with Crippen LogP contribution in [-0.4, -0.2) is 60.1 Å². The predicted octanol–water partition coefficient (Wildman–Crippen LogP) is 4.68. The molecule has 0 radical (unpaired) electrons. The molecule has 6 heteroatoms. The van der Waals surface area contributed by atoms with E-state index in [-0.39, 0.29) is 29.5 Å². The number of morpholine rings is 1. The fourth-order valence-corrected chi connectivity index (χ4v) is 4.72. The fraction of sp³-hybridized carbons (Fsp3) is 0.500. The topological polar surface area (TPSA) is 42.0 Å². The normalized spacial score (nSPS) is 21.2. The molecule has 1 spiro atoms. The van der Waals surface area contributed by atoms with E-state index in [2.05, 4.69) is 24.0 Å². The summed E-state index contributed by atoms with van der Waals surface area (Å²) in [4.78, 5) is 17.3. The van der Waals surface area contributed by atoms with Crippen LogP contribution in [0.3, 0.4) is 0 Å². The molecule has 2 aromatic carbocycles. The smallest absolute Gasteiger partial charge is 0.253 e. The summed E-state index contributed by atoms with van der Waals surface area (Å²) in [6.07, 6.45) is 1.46. The van der Waals surface area contributed by atoms with Crippen LogP contribution < -0.4 is 4.74 Å². The summed E-state index contributed by atoms with van der Waals surface area (Å²) in [5.41, 5.74) is 1.30. The lowest BCUT2D eigenvalue weighted by Crippen LogP contribution is -2.58. The number of piperidine rings is 1. The molecule has 0 saturated carbocycles. The van der Waals surface area contributed by atoms with Crippen LogP contribution >= 0.6 is 0 Å². The zero-order chi connectivity index (χ0) is 22.7. The van der Waals surface area contributed by atoms with Crippen LogP contribution in [0.2, 0.25) is 0 Å². The van der Waals surface area contributed by atoms with Crippen molar-refractivity contribution in [3.8, 4) is 5.75 Å². The third-order valence-corrected chi connectivity index (χ3v) is 6.45. The van der Waals surface area contributed by atoms with Crippen molar-refractivity contribution in [2.75, 3.05) is 32.7 Å². The molecular weight excluding hydrogens is 407 g/mol. The Bertz CT molecular complexity index is 926. The molecule has 2 aliphatic heterocycles. The maximum Gasteiger partial charge on any atom is 0.253 e. The van der Waals surface area contributed by atoms with Crippen molar-refractivity contribution in [1.29, 1.82) is 0 Å². The number of amides is 1. The Labute approximate surface area is 190 Å². The first-order valence-corrected chi connectivity index (χ1v) is 11.6. The van der Waals surface area contributed by atoms with Gasteiger partial charge in [0, 0.05) is 31.7 Å². The van der Waals surface area contributed by atoms with Crippen molar-refractivity contribution in [3.05, 3.63) is 65.5 Å². The largest absolute Gasteiger partial charge is 0.488 e. The van der Waals surface area contributed by atoms with Gasteiger partial charge in [0.15, 0.2) is 11.6 Å². The van der Waals surface area contributed by atoms with Crippen molar-refractivity contribution < 1.29 is 18.7 Å². The lowest BCUT2D eigenvalue weighted by molar-refractivity contribution is -0.175. The number of hydrogen-bond donors (Lipinski definition) is 0. The number of likely N-dealkylation sites (tertiary alicyclic amines) is 1. The third-order valence-electron chi connectivity index (χ3n) is 6.45. The first-order chi connectivity index (χ1) is 15.4. The van der Waals surface area contributed by atoms with Crippen molar-refractivity contribution >= 4 is 5.91 Å². The number of nitrogens with zero attached hydrogens (tertiary/aromatic N) is 2. The Hall–Kier alpha value is -2.44. The quantitative estimate of drug-likeness (QED) is 0.677. The summed E-state index contributed by atoms with van der Waals surface area (Å²) in [6.45, 7) is 9.81. The molecule has 1 atom stereocenters. The van der Waals surface area contributed by atoms with Crippen LogP contribution in [0.1, 0.15) is 55.6 Å². The van der Waals surface area contributed by atoms with E-state index in [1.807, 2.05) is 36.9 Å². The molecule has 0 aromatic heterocycles. The minimum atomic E-state index is -0.502. The second kappa shape index (κ2) is 9.59. The van der Waals surface area contributed by atoms with Crippen LogP contribution in [0.25, 0.3) is 0 Å². The van der Waals surface area contributed by atoms with Gasteiger partial charge < -0.3 is 14.4 Å². The highest BCUT2D eigenvalue weighted by Gasteiger charge is 2.43. The van der Waals surface area contributed by atoms with E-state index in [9.17, 15) is 9.18 Å². The van der Waals surface area contributed by atoms with E-state index in [0.29, 0.717) is 18.7 Å². The number of rotatable bonds is 5. The molecule has 4 rings (SSSR count). The first-order valence-electron chi connectivity index (χ1n) is 11.6. The van der Waals surface area contributed by atoms with Crippen LogP contribution in [0.5, 0.6) is 5.75 Å². The molecule has 2 fully saturated rings. The van der Waals surface area contributed by atoms with E-state index in [0.717, 1.165) is 32.5 Å². The highest BCUT2D eigenvalue weighted by molar-refractivity contribution is 5.94. The van der Waals surface area contributed by atoms with Gasteiger partial charge in [-0.3, -0.25) is 9.69 Å². The predicted molar refractivity (Wildman–Crippen MR) is 122 cm³/mol. The summed E-state index contributed by atoms with van der Waals surface area (Å²) in [5.74, 6) is -0.466. The standard InChI is InChI=1S/C26H33FN2O3/c1-4-28-17-24(20-8-6-5-7-9-20)32-26(18-28)12-14-29(15-13-26)25(30)21-10-11-23(22(27)16-21)31-19(2)3/h5-11,16,19,24H,4,12-15,17-18H2,1-3H3. The van der Waals surface area contributed by atoms with Gasteiger partial charge in [0.25, 0.3) is 5.91 Å². The first kappa shape index (κ1) is 22.7. The van der Waals surface area contributed by atoms with Crippen LogP contribution in [-0.2, 0) is 4.74 Å². The second-order valence-electron chi connectivity index (χ2n) is 9.13. The SMILES string of the molecule is CCN1CC(c2ccccc2)OC2(CCN(C(=O)c3ccc(OC(C)C)c(F)c3)CC2)C1. The summed E-state index contributed by atoms with van der Waals surface area (Å²) in [5, 5.41) is 0.